The van der Waals surface area contributed by atoms with Crippen molar-refractivity contribution in [3.05, 3.63) is 66.3 Å². The molecule has 30 heavy (non-hydrogen) atoms. The Kier molecular flexibility index (Phi) is 5.03. The van der Waals surface area contributed by atoms with Gasteiger partial charge in [-0.2, -0.15) is 4.98 Å². The molecule has 3 heterocycles. The molecule has 0 aliphatic carbocycles. The van der Waals surface area contributed by atoms with Gasteiger partial charge in [-0.15, -0.1) is 0 Å². The van der Waals surface area contributed by atoms with Crippen LogP contribution in [0.3, 0.4) is 0 Å². The molecule has 2 aliphatic rings. The highest BCUT2D eigenvalue weighted by Gasteiger charge is 2.42. The second-order valence-corrected chi connectivity index (χ2v) is 7.75. The first kappa shape index (κ1) is 18.9. The Morgan fingerprint density at radius 1 is 1.17 bits per heavy atom. The lowest BCUT2D eigenvalue weighted by Crippen LogP contribution is -2.49. The predicted molar refractivity (Wildman–Crippen MR) is 111 cm³/mol. The van der Waals surface area contributed by atoms with Crippen LogP contribution in [0.5, 0.6) is 0 Å². The van der Waals surface area contributed by atoms with Gasteiger partial charge in [0.1, 0.15) is 12.0 Å². The molecule has 1 aromatic heterocycles. The second kappa shape index (κ2) is 7.98. The highest BCUT2D eigenvalue weighted by molar-refractivity contribution is 8.13. The third kappa shape index (κ3) is 3.60. The fourth-order valence-corrected chi connectivity index (χ4v) is 4.22. The van der Waals surface area contributed by atoms with Crippen molar-refractivity contribution in [1.82, 2.24) is 21.0 Å². The van der Waals surface area contributed by atoms with E-state index >= 15 is 0 Å². The van der Waals surface area contributed by atoms with E-state index in [-0.39, 0.29) is 23.8 Å². The molecular weight excluding hydrogens is 407 g/mol. The smallest absolute Gasteiger partial charge is 0.241 e. The lowest BCUT2D eigenvalue weighted by atomic mass is 10.1. The number of fused-ring (bicyclic) bond motifs is 1. The van der Waals surface area contributed by atoms with Crippen LogP contribution in [0.2, 0.25) is 0 Å². The second-order valence-electron chi connectivity index (χ2n) is 6.80. The van der Waals surface area contributed by atoms with Crippen molar-refractivity contribution < 1.29 is 13.7 Å². The Morgan fingerprint density at radius 2 is 1.97 bits per heavy atom. The zero-order valence-electron chi connectivity index (χ0n) is 15.7. The molecule has 10 heteroatoms. The zero-order valence-corrected chi connectivity index (χ0v) is 16.5. The summed E-state index contributed by atoms with van der Waals surface area (Å²) >= 11 is 1.35. The summed E-state index contributed by atoms with van der Waals surface area (Å²) in [5, 5.41) is 4.52. The number of anilines is 1. The summed E-state index contributed by atoms with van der Waals surface area (Å²) in [6.07, 6.45) is -0.308. The molecule has 0 saturated carbocycles. The molecule has 0 radical (unpaired) electrons. The summed E-state index contributed by atoms with van der Waals surface area (Å²) in [4.78, 5) is 23.8. The number of halogens is 1. The molecule has 2 aromatic carbocycles. The molecule has 1 saturated heterocycles. The minimum atomic E-state index is -0.327. The average molecular weight is 424 g/mol. The van der Waals surface area contributed by atoms with E-state index in [1.807, 2.05) is 30.3 Å². The molecule has 5 rings (SSSR count). The van der Waals surface area contributed by atoms with Crippen LogP contribution in [-0.4, -0.2) is 33.9 Å². The Labute approximate surface area is 175 Å². The van der Waals surface area contributed by atoms with Gasteiger partial charge in [0.05, 0.1) is 17.4 Å². The number of hydrogen-bond acceptors (Lipinski definition) is 8. The largest absolute Gasteiger partial charge is 0.338 e. The van der Waals surface area contributed by atoms with E-state index in [0.717, 1.165) is 5.69 Å². The number of hydrogen-bond donors (Lipinski definition) is 2. The molecule has 0 spiro atoms. The number of aromatic nitrogens is 2. The van der Waals surface area contributed by atoms with Gasteiger partial charge in [-0.05, 0) is 36.4 Å². The van der Waals surface area contributed by atoms with Gasteiger partial charge >= 0.3 is 0 Å². The number of benzene rings is 2. The van der Waals surface area contributed by atoms with E-state index in [0.29, 0.717) is 34.7 Å². The number of amides is 1. The fourth-order valence-electron chi connectivity index (χ4n) is 3.34. The lowest BCUT2D eigenvalue weighted by Gasteiger charge is -2.32. The van der Waals surface area contributed by atoms with Crippen molar-refractivity contribution >= 4 is 28.5 Å². The van der Waals surface area contributed by atoms with E-state index in [4.69, 9.17) is 9.52 Å². The summed E-state index contributed by atoms with van der Waals surface area (Å²) in [5.74, 6) is 0.513. The number of aliphatic imine (C=N–C) groups is 1. The van der Waals surface area contributed by atoms with Gasteiger partial charge in [-0.3, -0.25) is 15.1 Å². The Bertz CT molecular complexity index is 1090. The molecule has 8 nitrogen and oxygen atoms in total. The number of amidine groups is 1. The molecule has 0 bridgehead atoms. The number of hydrazine groups is 1. The van der Waals surface area contributed by atoms with Crippen LogP contribution in [0.25, 0.3) is 11.4 Å². The van der Waals surface area contributed by atoms with Gasteiger partial charge in [0.2, 0.25) is 17.6 Å². The summed E-state index contributed by atoms with van der Waals surface area (Å²) < 4.78 is 18.4. The van der Waals surface area contributed by atoms with Crippen LogP contribution in [-0.2, 0) is 10.5 Å². The first-order chi connectivity index (χ1) is 14.7. The first-order valence-electron chi connectivity index (χ1n) is 9.35. The number of nitrogens with zero attached hydrogens (tertiary/aromatic N) is 4. The van der Waals surface area contributed by atoms with Crippen LogP contribution in [0.15, 0.2) is 64.1 Å². The van der Waals surface area contributed by atoms with Gasteiger partial charge in [-0.25, -0.2) is 14.8 Å². The SMILES string of the molecule is O=C1C2CNNC2N=C(SCc2nc(-c3ccc(F)cc3)no2)N1c1ccccc1. The molecule has 2 unspecified atom stereocenters. The molecule has 2 aliphatic heterocycles. The summed E-state index contributed by atoms with van der Waals surface area (Å²) in [6, 6.07) is 15.3. The first-order valence-corrected chi connectivity index (χ1v) is 10.3. The fraction of sp³-hybridized carbons (Fsp3) is 0.200. The highest BCUT2D eigenvalue weighted by atomic mass is 32.2. The minimum absolute atomic E-state index is 0.0151. The summed E-state index contributed by atoms with van der Waals surface area (Å²) in [5.41, 5.74) is 7.47. The molecule has 2 N–H and O–H groups in total. The number of carbonyl (C=O) groups excluding carboxylic acids is 1. The minimum Gasteiger partial charge on any atom is -0.338 e. The molecule has 1 fully saturated rings. The van der Waals surface area contributed by atoms with Crippen LogP contribution in [0.1, 0.15) is 5.89 Å². The highest BCUT2D eigenvalue weighted by Crippen LogP contribution is 2.30. The Hall–Kier alpha value is -3.08. The van der Waals surface area contributed by atoms with Crippen LogP contribution in [0, 0.1) is 11.7 Å². The molecule has 2 atom stereocenters. The normalized spacial score (nSPS) is 20.9. The van der Waals surface area contributed by atoms with E-state index in [2.05, 4.69) is 21.0 Å². The van der Waals surface area contributed by atoms with Crippen LogP contribution < -0.4 is 15.8 Å². The standard InChI is InChI=1S/C20H17FN6O2S/c21-13-8-6-12(7-9-13)17-23-16(29-26-17)11-30-20-24-18-15(10-22-25-18)19(28)27(20)14-4-2-1-3-5-14/h1-9,15,18,22,25H,10-11H2. The molecular formula is C20H17FN6O2S. The van der Waals surface area contributed by atoms with Crippen molar-refractivity contribution in [2.75, 3.05) is 11.4 Å². The van der Waals surface area contributed by atoms with Crippen molar-refractivity contribution in [3.8, 4) is 11.4 Å². The van der Waals surface area contributed by atoms with E-state index < -0.39 is 0 Å². The number of carbonyl (C=O) groups is 1. The van der Waals surface area contributed by atoms with Crippen molar-refractivity contribution in [1.29, 1.82) is 0 Å². The maximum atomic E-state index is 13.1. The van der Waals surface area contributed by atoms with Crippen LogP contribution >= 0.6 is 11.8 Å². The summed E-state index contributed by atoms with van der Waals surface area (Å²) in [7, 11) is 0. The van der Waals surface area contributed by atoms with Gasteiger partial charge < -0.3 is 4.52 Å². The third-order valence-corrected chi connectivity index (χ3v) is 5.78. The average Bonchev–Trinajstić information content (AvgIpc) is 3.43. The summed E-state index contributed by atoms with van der Waals surface area (Å²) in [6.45, 7) is 0.527. The Morgan fingerprint density at radius 3 is 2.77 bits per heavy atom. The zero-order chi connectivity index (χ0) is 20.5. The molecule has 152 valence electrons. The van der Waals surface area contributed by atoms with Crippen molar-refractivity contribution in [2.24, 2.45) is 10.9 Å². The van der Waals surface area contributed by atoms with E-state index in [1.165, 1.54) is 23.9 Å². The quantitative estimate of drug-likeness (QED) is 0.665. The number of thioether (sulfide) groups is 1. The van der Waals surface area contributed by atoms with Crippen molar-refractivity contribution in [2.45, 2.75) is 11.9 Å². The van der Waals surface area contributed by atoms with Gasteiger partial charge in [0, 0.05) is 12.1 Å². The van der Waals surface area contributed by atoms with E-state index in [1.54, 1.807) is 17.0 Å². The Balaban J connectivity index is 1.37. The monoisotopic (exact) mass is 424 g/mol. The van der Waals surface area contributed by atoms with E-state index in [9.17, 15) is 9.18 Å². The number of rotatable bonds is 4. The van der Waals surface area contributed by atoms with Crippen LogP contribution in [0.4, 0.5) is 10.1 Å². The molecule has 3 aromatic rings. The number of nitrogens with one attached hydrogen (secondary N) is 2. The van der Waals surface area contributed by atoms with Gasteiger partial charge in [0.25, 0.3) is 0 Å². The van der Waals surface area contributed by atoms with Gasteiger partial charge in [-0.1, -0.05) is 35.1 Å². The number of para-hydroxylation sites is 1. The van der Waals surface area contributed by atoms with Crippen molar-refractivity contribution in [3.63, 3.8) is 0 Å². The predicted octanol–water partition coefficient (Wildman–Crippen LogP) is 2.56. The maximum absolute atomic E-state index is 13.1. The lowest BCUT2D eigenvalue weighted by molar-refractivity contribution is -0.121. The third-order valence-electron chi connectivity index (χ3n) is 4.84. The topological polar surface area (TPSA) is 95.6 Å². The maximum Gasteiger partial charge on any atom is 0.241 e. The van der Waals surface area contributed by atoms with Gasteiger partial charge in [0.15, 0.2) is 5.17 Å². The molecule has 1 amide bonds.